The Hall–Kier alpha value is -1.62. The van der Waals surface area contributed by atoms with Crippen molar-refractivity contribution in [2.45, 2.75) is 40.0 Å². The van der Waals surface area contributed by atoms with Crippen LogP contribution in [0.4, 0.5) is 0 Å². The van der Waals surface area contributed by atoms with Crippen LogP contribution in [0.5, 0.6) is 0 Å². The minimum Gasteiger partial charge on any atom is -0.366 e. The predicted molar refractivity (Wildman–Crippen MR) is 101 cm³/mol. The van der Waals surface area contributed by atoms with Crippen molar-refractivity contribution in [2.24, 2.45) is 11.8 Å². The van der Waals surface area contributed by atoms with Crippen molar-refractivity contribution in [1.29, 1.82) is 10.8 Å². The van der Waals surface area contributed by atoms with Crippen LogP contribution >= 0.6 is 0 Å². The van der Waals surface area contributed by atoms with Gasteiger partial charge in [0.15, 0.2) is 5.84 Å². The fraction of sp³-hybridized carbons (Fsp3) is 0.684. The molecule has 2 rings (SSSR count). The van der Waals surface area contributed by atoms with Crippen molar-refractivity contribution in [3.8, 4) is 0 Å². The molecule has 5 heteroatoms. The number of allylic oxidation sites excluding steroid dienone is 3. The second-order valence-corrected chi connectivity index (χ2v) is 7.53. The topological polar surface area (TPSA) is 57.4 Å². The Morgan fingerprint density at radius 3 is 2.50 bits per heavy atom. The van der Waals surface area contributed by atoms with Gasteiger partial charge < -0.3 is 9.80 Å². The van der Waals surface area contributed by atoms with Crippen LogP contribution in [-0.2, 0) is 0 Å². The predicted octanol–water partition coefficient (Wildman–Crippen LogP) is 3.36. The van der Waals surface area contributed by atoms with Gasteiger partial charge in [0, 0.05) is 31.9 Å². The molecular weight excluding hydrogens is 298 g/mol. The summed E-state index contributed by atoms with van der Waals surface area (Å²) in [5.74, 6) is 1.52. The summed E-state index contributed by atoms with van der Waals surface area (Å²) in [4.78, 5) is 6.42. The number of hydrogen-bond acceptors (Lipinski definition) is 4. The first kappa shape index (κ1) is 18.7. The van der Waals surface area contributed by atoms with Crippen molar-refractivity contribution in [1.82, 2.24) is 14.7 Å². The van der Waals surface area contributed by atoms with E-state index in [2.05, 4.69) is 49.8 Å². The third-order valence-corrected chi connectivity index (χ3v) is 4.90. The van der Waals surface area contributed by atoms with E-state index in [4.69, 9.17) is 10.8 Å². The first-order chi connectivity index (χ1) is 11.4. The normalized spacial score (nSPS) is 23.7. The number of hydrogen-bond donors (Lipinski definition) is 2. The molecule has 1 saturated heterocycles. The summed E-state index contributed by atoms with van der Waals surface area (Å²) >= 11 is 0. The molecule has 2 aliphatic heterocycles. The third kappa shape index (κ3) is 4.69. The molecule has 1 atom stereocenters. The molecule has 0 aromatic rings. The molecule has 0 radical (unpaired) electrons. The SMILES string of the molecule is CC(C)CCC1=CC(C)CC=C(N2CCN(C)CC2)C(=N)N1C=N. The number of nitrogens with zero attached hydrogens (tertiary/aromatic N) is 3. The molecule has 0 amide bonds. The lowest BCUT2D eigenvalue weighted by Gasteiger charge is -2.38. The van der Waals surface area contributed by atoms with E-state index in [-0.39, 0.29) is 0 Å². The lowest BCUT2D eigenvalue weighted by atomic mass is 9.98. The highest BCUT2D eigenvalue weighted by Gasteiger charge is 2.25. The molecule has 1 fully saturated rings. The maximum Gasteiger partial charge on any atom is 0.153 e. The Balaban J connectivity index is 2.22. The maximum absolute atomic E-state index is 8.72. The first-order valence-electron chi connectivity index (χ1n) is 9.15. The van der Waals surface area contributed by atoms with Crippen LogP contribution < -0.4 is 0 Å². The zero-order valence-electron chi connectivity index (χ0n) is 15.7. The van der Waals surface area contributed by atoms with Crippen LogP contribution in [0.25, 0.3) is 0 Å². The van der Waals surface area contributed by atoms with Gasteiger partial charge in [0.25, 0.3) is 0 Å². The third-order valence-electron chi connectivity index (χ3n) is 4.90. The van der Waals surface area contributed by atoms with Gasteiger partial charge in [0.2, 0.25) is 0 Å². The van der Waals surface area contributed by atoms with Gasteiger partial charge in [-0.1, -0.05) is 32.9 Å². The molecule has 0 aliphatic carbocycles. The minimum atomic E-state index is 0.435. The number of amidine groups is 1. The number of likely N-dealkylation sites (N-methyl/N-ethyl adjacent to an activating group) is 1. The van der Waals surface area contributed by atoms with E-state index in [9.17, 15) is 0 Å². The summed E-state index contributed by atoms with van der Waals surface area (Å²) in [6.45, 7) is 10.6. The average Bonchev–Trinajstić information content (AvgIpc) is 2.53. The van der Waals surface area contributed by atoms with Gasteiger partial charge in [-0.2, -0.15) is 0 Å². The van der Waals surface area contributed by atoms with Crippen molar-refractivity contribution in [2.75, 3.05) is 33.2 Å². The van der Waals surface area contributed by atoms with Gasteiger partial charge >= 0.3 is 0 Å². The van der Waals surface area contributed by atoms with Crippen molar-refractivity contribution in [3.63, 3.8) is 0 Å². The molecular formula is C19H33N5. The molecule has 134 valence electrons. The molecule has 2 N–H and O–H groups in total. The minimum absolute atomic E-state index is 0.435. The first-order valence-corrected chi connectivity index (χ1v) is 9.15. The standard InChI is InChI=1S/C19H33N5/c1-15(2)5-7-17-13-16(3)6-8-18(19(21)24(17)14-20)23-11-9-22(4)10-12-23/h8,13-16,20-21H,5-7,9-12H2,1-4H3. The second-order valence-electron chi connectivity index (χ2n) is 7.53. The van der Waals surface area contributed by atoms with E-state index in [0.717, 1.165) is 56.8 Å². The summed E-state index contributed by atoms with van der Waals surface area (Å²) < 4.78 is 0. The van der Waals surface area contributed by atoms with E-state index in [1.807, 2.05) is 0 Å². The molecule has 1 unspecified atom stereocenters. The molecule has 0 aromatic heterocycles. The molecule has 2 aliphatic rings. The number of rotatable bonds is 5. The highest BCUT2D eigenvalue weighted by Crippen LogP contribution is 2.25. The highest BCUT2D eigenvalue weighted by atomic mass is 15.3. The van der Waals surface area contributed by atoms with Crippen LogP contribution in [-0.4, -0.2) is 60.1 Å². The summed E-state index contributed by atoms with van der Waals surface area (Å²) in [5.41, 5.74) is 2.10. The van der Waals surface area contributed by atoms with Crippen LogP contribution in [0.1, 0.15) is 40.0 Å². The highest BCUT2D eigenvalue weighted by molar-refractivity contribution is 6.02. The largest absolute Gasteiger partial charge is 0.366 e. The zero-order chi connectivity index (χ0) is 17.7. The van der Waals surface area contributed by atoms with Crippen LogP contribution in [0.15, 0.2) is 23.5 Å². The van der Waals surface area contributed by atoms with Gasteiger partial charge in [-0.25, -0.2) is 0 Å². The van der Waals surface area contributed by atoms with E-state index >= 15 is 0 Å². The fourth-order valence-corrected chi connectivity index (χ4v) is 3.25. The zero-order valence-corrected chi connectivity index (χ0v) is 15.7. The van der Waals surface area contributed by atoms with Gasteiger partial charge in [-0.05, 0) is 38.1 Å². The van der Waals surface area contributed by atoms with Crippen molar-refractivity contribution >= 4 is 12.2 Å². The second kappa shape index (κ2) is 8.47. The molecule has 0 saturated carbocycles. The van der Waals surface area contributed by atoms with E-state index in [1.165, 1.54) is 6.34 Å². The Bertz CT molecular complexity index is 512. The van der Waals surface area contributed by atoms with Crippen molar-refractivity contribution < 1.29 is 0 Å². The van der Waals surface area contributed by atoms with Gasteiger partial charge in [-0.15, -0.1) is 0 Å². The smallest absolute Gasteiger partial charge is 0.153 e. The van der Waals surface area contributed by atoms with Crippen LogP contribution in [0.3, 0.4) is 0 Å². The van der Waals surface area contributed by atoms with Gasteiger partial charge in [0.1, 0.15) is 0 Å². The van der Waals surface area contributed by atoms with E-state index < -0.39 is 0 Å². The fourth-order valence-electron chi connectivity index (χ4n) is 3.25. The molecule has 24 heavy (non-hydrogen) atoms. The van der Waals surface area contributed by atoms with E-state index in [0.29, 0.717) is 17.7 Å². The number of nitrogens with one attached hydrogen (secondary N) is 2. The lowest BCUT2D eigenvalue weighted by molar-refractivity contribution is 0.190. The lowest BCUT2D eigenvalue weighted by Crippen LogP contribution is -2.47. The summed E-state index contributed by atoms with van der Waals surface area (Å²) in [6, 6.07) is 0. The summed E-state index contributed by atoms with van der Waals surface area (Å²) in [7, 11) is 2.15. The van der Waals surface area contributed by atoms with E-state index in [1.54, 1.807) is 4.90 Å². The molecule has 0 aromatic carbocycles. The Labute approximate surface area is 147 Å². The summed E-state index contributed by atoms with van der Waals surface area (Å²) in [6.07, 6.45) is 8.74. The number of piperazine rings is 1. The Kier molecular flexibility index (Phi) is 6.60. The molecule has 2 heterocycles. The average molecular weight is 332 g/mol. The molecule has 0 spiro atoms. The van der Waals surface area contributed by atoms with Gasteiger partial charge in [-0.3, -0.25) is 15.7 Å². The van der Waals surface area contributed by atoms with Crippen molar-refractivity contribution in [3.05, 3.63) is 23.5 Å². The molecule has 5 nitrogen and oxygen atoms in total. The maximum atomic E-state index is 8.72. The van der Waals surface area contributed by atoms with Gasteiger partial charge in [0.05, 0.1) is 12.0 Å². The molecule has 0 bridgehead atoms. The summed E-state index contributed by atoms with van der Waals surface area (Å²) in [5, 5.41) is 16.6. The Morgan fingerprint density at radius 1 is 1.25 bits per heavy atom. The van der Waals surface area contributed by atoms with Crippen LogP contribution in [0.2, 0.25) is 0 Å². The van der Waals surface area contributed by atoms with Crippen LogP contribution in [0, 0.1) is 22.7 Å². The monoisotopic (exact) mass is 331 g/mol. The Morgan fingerprint density at radius 2 is 1.92 bits per heavy atom. The quantitative estimate of drug-likeness (QED) is 0.600.